The highest BCUT2D eigenvalue weighted by molar-refractivity contribution is 7.09. The second-order valence-electron chi connectivity index (χ2n) is 3.86. The standard InChI is InChI=1S/C11H16N2O3S/c1-8(10(14)15)6-12-11(16)13(2)7-9-4-3-5-17-9/h3-5,8H,6-7H2,1-2H3,(H,12,16)(H,14,15). The van der Waals surface area contributed by atoms with Crippen LogP contribution in [0.2, 0.25) is 0 Å². The van der Waals surface area contributed by atoms with Crippen molar-refractivity contribution in [1.29, 1.82) is 0 Å². The fourth-order valence-electron chi connectivity index (χ4n) is 1.17. The molecule has 0 fully saturated rings. The predicted octanol–water partition coefficient (Wildman–Crippen LogP) is 1.61. The van der Waals surface area contributed by atoms with Gasteiger partial charge >= 0.3 is 12.0 Å². The Morgan fingerprint density at radius 3 is 2.82 bits per heavy atom. The molecule has 1 aromatic heterocycles. The first-order valence-corrected chi connectivity index (χ1v) is 6.13. The number of urea groups is 1. The normalized spacial score (nSPS) is 11.9. The van der Waals surface area contributed by atoms with Crippen LogP contribution < -0.4 is 5.32 Å². The van der Waals surface area contributed by atoms with E-state index < -0.39 is 11.9 Å². The number of hydrogen-bond donors (Lipinski definition) is 2. The molecular formula is C11H16N2O3S. The SMILES string of the molecule is CC(CNC(=O)N(C)Cc1cccs1)C(=O)O. The molecule has 1 unspecified atom stereocenters. The molecule has 2 N–H and O–H groups in total. The number of carbonyl (C=O) groups is 2. The van der Waals surface area contributed by atoms with E-state index in [1.807, 2.05) is 17.5 Å². The zero-order chi connectivity index (χ0) is 12.8. The number of carboxylic acids is 1. The number of hydrogen-bond acceptors (Lipinski definition) is 3. The van der Waals surface area contributed by atoms with E-state index in [4.69, 9.17) is 5.11 Å². The van der Waals surface area contributed by atoms with Gasteiger partial charge in [-0.25, -0.2) is 4.79 Å². The number of amides is 2. The lowest BCUT2D eigenvalue weighted by molar-refractivity contribution is -0.140. The van der Waals surface area contributed by atoms with Crippen molar-refractivity contribution in [2.75, 3.05) is 13.6 Å². The Kier molecular flexibility index (Phi) is 4.96. The first-order valence-electron chi connectivity index (χ1n) is 5.25. The van der Waals surface area contributed by atoms with Gasteiger partial charge in [-0.3, -0.25) is 4.79 Å². The van der Waals surface area contributed by atoms with Crippen molar-refractivity contribution in [1.82, 2.24) is 10.2 Å². The number of nitrogens with zero attached hydrogens (tertiary/aromatic N) is 1. The van der Waals surface area contributed by atoms with E-state index >= 15 is 0 Å². The Hall–Kier alpha value is -1.56. The fourth-order valence-corrected chi connectivity index (χ4v) is 1.93. The number of aliphatic carboxylic acids is 1. The van der Waals surface area contributed by atoms with Crippen LogP contribution in [0.3, 0.4) is 0 Å². The third kappa shape index (κ3) is 4.44. The highest BCUT2D eigenvalue weighted by Gasteiger charge is 2.14. The van der Waals surface area contributed by atoms with E-state index in [1.54, 1.807) is 25.3 Å². The van der Waals surface area contributed by atoms with Crippen molar-refractivity contribution in [2.45, 2.75) is 13.5 Å². The van der Waals surface area contributed by atoms with Crippen molar-refractivity contribution in [3.8, 4) is 0 Å². The fraction of sp³-hybridized carbons (Fsp3) is 0.455. The van der Waals surface area contributed by atoms with Crippen molar-refractivity contribution in [3.05, 3.63) is 22.4 Å². The maximum absolute atomic E-state index is 11.6. The van der Waals surface area contributed by atoms with Crippen LogP contribution in [0.25, 0.3) is 0 Å². The van der Waals surface area contributed by atoms with Crippen LogP contribution in [0, 0.1) is 5.92 Å². The summed E-state index contributed by atoms with van der Waals surface area (Å²) in [5, 5.41) is 13.2. The zero-order valence-corrected chi connectivity index (χ0v) is 10.7. The molecule has 1 heterocycles. The third-order valence-electron chi connectivity index (χ3n) is 2.30. The van der Waals surface area contributed by atoms with E-state index in [9.17, 15) is 9.59 Å². The maximum atomic E-state index is 11.6. The largest absolute Gasteiger partial charge is 0.481 e. The van der Waals surface area contributed by atoms with E-state index in [2.05, 4.69) is 5.32 Å². The summed E-state index contributed by atoms with van der Waals surface area (Å²) in [5.41, 5.74) is 0. The quantitative estimate of drug-likeness (QED) is 0.841. The second kappa shape index (κ2) is 6.24. The van der Waals surface area contributed by atoms with Crippen molar-refractivity contribution >= 4 is 23.3 Å². The van der Waals surface area contributed by atoms with Crippen LogP contribution in [-0.4, -0.2) is 35.6 Å². The Morgan fingerprint density at radius 1 is 1.59 bits per heavy atom. The van der Waals surface area contributed by atoms with Crippen LogP contribution in [0.15, 0.2) is 17.5 Å². The molecule has 0 aliphatic carbocycles. The molecule has 0 radical (unpaired) electrons. The van der Waals surface area contributed by atoms with Crippen molar-refractivity contribution in [2.24, 2.45) is 5.92 Å². The minimum absolute atomic E-state index is 0.142. The minimum Gasteiger partial charge on any atom is -0.481 e. The molecule has 1 atom stereocenters. The highest BCUT2D eigenvalue weighted by Crippen LogP contribution is 2.10. The lowest BCUT2D eigenvalue weighted by atomic mass is 10.2. The first kappa shape index (κ1) is 13.5. The number of carboxylic acid groups (broad SMARTS) is 1. The van der Waals surface area contributed by atoms with Gasteiger partial charge in [0.15, 0.2) is 0 Å². The average molecular weight is 256 g/mol. The highest BCUT2D eigenvalue weighted by atomic mass is 32.1. The van der Waals surface area contributed by atoms with E-state index in [-0.39, 0.29) is 12.6 Å². The third-order valence-corrected chi connectivity index (χ3v) is 3.16. The van der Waals surface area contributed by atoms with Gasteiger partial charge in [0.1, 0.15) is 0 Å². The predicted molar refractivity (Wildman–Crippen MR) is 66.0 cm³/mol. The summed E-state index contributed by atoms with van der Waals surface area (Å²) in [6.45, 7) is 2.23. The zero-order valence-electron chi connectivity index (χ0n) is 9.84. The molecule has 0 aliphatic heterocycles. The summed E-state index contributed by atoms with van der Waals surface area (Å²) >= 11 is 1.58. The molecule has 0 spiro atoms. The van der Waals surface area contributed by atoms with Crippen LogP contribution >= 0.6 is 11.3 Å². The van der Waals surface area contributed by atoms with E-state index in [0.29, 0.717) is 6.54 Å². The van der Waals surface area contributed by atoms with Crippen molar-refractivity contribution in [3.63, 3.8) is 0 Å². The summed E-state index contributed by atoms with van der Waals surface area (Å²) < 4.78 is 0. The van der Waals surface area contributed by atoms with Gasteiger partial charge in [-0.2, -0.15) is 0 Å². The molecule has 17 heavy (non-hydrogen) atoms. The Balaban J connectivity index is 2.34. The topological polar surface area (TPSA) is 69.6 Å². The molecule has 0 saturated carbocycles. The Labute approximate surface area is 104 Å². The van der Waals surface area contributed by atoms with Gasteiger partial charge in [0.05, 0.1) is 12.5 Å². The minimum atomic E-state index is -0.911. The van der Waals surface area contributed by atoms with Crippen LogP contribution in [-0.2, 0) is 11.3 Å². The van der Waals surface area contributed by atoms with Gasteiger partial charge in [-0.1, -0.05) is 13.0 Å². The molecule has 6 heteroatoms. The summed E-state index contributed by atoms with van der Waals surface area (Å²) in [6.07, 6.45) is 0. The van der Waals surface area contributed by atoms with Crippen molar-refractivity contribution < 1.29 is 14.7 Å². The summed E-state index contributed by atoms with van der Waals surface area (Å²) in [5.74, 6) is -1.49. The molecule has 5 nitrogen and oxygen atoms in total. The number of rotatable bonds is 5. The van der Waals surface area contributed by atoms with E-state index in [1.165, 1.54) is 4.90 Å². The average Bonchev–Trinajstić information content (AvgIpc) is 2.77. The molecule has 2 amide bonds. The van der Waals surface area contributed by atoms with Crippen LogP contribution in [0.1, 0.15) is 11.8 Å². The molecular weight excluding hydrogens is 240 g/mol. The molecule has 1 aromatic rings. The molecule has 0 aliphatic rings. The van der Waals surface area contributed by atoms with Crippen LogP contribution in [0.4, 0.5) is 4.79 Å². The van der Waals surface area contributed by atoms with Crippen LogP contribution in [0.5, 0.6) is 0 Å². The molecule has 1 rings (SSSR count). The number of carbonyl (C=O) groups excluding carboxylic acids is 1. The number of thiophene rings is 1. The summed E-state index contributed by atoms with van der Waals surface area (Å²) in [7, 11) is 1.68. The molecule has 0 aromatic carbocycles. The molecule has 94 valence electrons. The van der Waals surface area contributed by atoms with Gasteiger partial charge in [0.25, 0.3) is 0 Å². The van der Waals surface area contributed by atoms with E-state index in [0.717, 1.165) is 4.88 Å². The Bertz CT molecular complexity index is 378. The smallest absolute Gasteiger partial charge is 0.317 e. The van der Waals surface area contributed by atoms with Gasteiger partial charge in [0, 0.05) is 18.5 Å². The first-order chi connectivity index (χ1) is 8.00. The van der Waals surface area contributed by atoms with Gasteiger partial charge in [-0.05, 0) is 11.4 Å². The maximum Gasteiger partial charge on any atom is 0.317 e. The monoisotopic (exact) mass is 256 g/mol. The summed E-state index contributed by atoms with van der Waals surface area (Å²) in [6, 6.07) is 3.62. The van der Waals surface area contributed by atoms with Gasteiger partial charge in [0.2, 0.25) is 0 Å². The lowest BCUT2D eigenvalue weighted by Crippen LogP contribution is -2.39. The molecule has 0 bridgehead atoms. The Morgan fingerprint density at radius 2 is 2.29 bits per heavy atom. The molecule has 0 saturated heterocycles. The number of nitrogens with one attached hydrogen (secondary N) is 1. The van der Waals surface area contributed by atoms with Gasteiger partial charge < -0.3 is 15.3 Å². The lowest BCUT2D eigenvalue weighted by Gasteiger charge is -2.18. The van der Waals surface area contributed by atoms with Gasteiger partial charge in [-0.15, -0.1) is 11.3 Å². The summed E-state index contributed by atoms with van der Waals surface area (Å²) in [4.78, 5) is 24.8. The second-order valence-corrected chi connectivity index (χ2v) is 4.89.